The van der Waals surface area contributed by atoms with E-state index >= 15 is 0 Å². The SMILES string of the molecule is COc1ccc(Cl)cc1NCN1C(=O)c2ccccc2C1=O. The zero-order chi connectivity index (χ0) is 15.7. The molecule has 0 spiro atoms. The molecule has 2 aromatic rings. The summed E-state index contributed by atoms with van der Waals surface area (Å²) >= 11 is 5.96. The molecule has 0 saturated heterocycles. The Morgan fingerprint density at radius 2 is 1.73 bits per heavy atom. The number of methoxy groups -OCH3 is 1. The molecule has 22 heavy (non-hydrogen) atoms. The molecule has 0 bridgehead atoms. The number of anilines is 1. The fraction of sp³-hybridized carbons (Fsp3) is 0.125. The molecule has 1 N–H and O–H groups in total. The molecule has 0 aliphatic carbocycles. The van der Waals surface area contributed by atoms with Crippen LogP contribution in [0.15, 0.2) is 42.5 Å². The third-order valence-electron chi connectivity index (χ3n) is 3.47. The average molecular weight is 317 g/mol. The van der Waals surface area contributed by atoms with E-state index in [-0.39, 0.29) is 18.5 Å². The van der Waals surface area contributed by atoms with Gasteiger partial charge in [-0.25, -0.2) is 0 Å². The number of hydrogen-bond donors (Lipinski definition) is 1. The molecule has 0 radical (unpaired) electrons. The topological polar surface area (TPSA) is 58.6 Å². The van der Waals surface area contributed by atoms with Crippen LogP contribution in [0.3, 0.4) is 0 Å². The molecule has 2 amide bonds. The van der Waals surface area contributed by atoms with Crippen LogP contribution in [0.25, 0.3) is 0 Å². The first-order valence-corrected chi connectivity index (χ1v) is 7.02. The number of carbonyl (C=O) groups is 2. The van der Waals surface area contributed by atoms with E-state index in [0.717, 1.165) is 4.90 Å². The van der Waals surface area contributed by atoms with Gasteiger partial charge in [0, 0.05) is 5.02 Å². The number of ether oxygens (including phenoxy) is 1. The largest absolute Gasteiger partial charge is 0.495 e. The highest BCUT2D eigenvalue weighted by atomic mass is 35.5. The van der Waals surface area contributed by atoms with Crippen molar-refractivity contribution < 1.29 is 14.3 Å². The molecule has 6 heteroatoms. The van der Waals surface area contributed by atoms with Crippen LogP contribution in [-0.4, -0.2) is 30.5 Å². The molecule has 0 atom stereocenters. The minimum absolute atomic E-state index is 0.0447. The lowest BCUT2D eigenvalue weighted by Gasteiger charge is -2.17. The number of hydrogen-bond acceptors (Lipinski definition) is 4. The number of amides is 2. The molecule has 5 nitrogen and oxygen atoms in total. The third-order valence-corrected chi connectivity index (χ3v) is 3.70. The van der Waals surface area contributed by atoms with Crippen molar-refractivity contribution in [1.82, 2.24) is 4.90 Å². The summed E-state index contributed by atoms with van der Waals surface area (Å²) < 4.78 is 5.22. The number of carbonyl (C=O) groups excluding carboxylic acids is 2. The Morgan fingerprint density at radius 3 is 2.32 bits per heavy atom. The van der Waals surface area contributed by atoms with E-state index in [1.54, 1.807) is 42.5 Å². The highest BCUT2D eigenvalue weighted by Crippen LogP contribution is 2.28. The summed E-state index contributed by atoms with van der Waals surface area (Å²) in [6.45, 7) is 0.0447. The van der Waals surface area contributed by atoms with Crippen molar-refractivity contribution in [3.63, 3.8) is 0 Å². The van der Waals surface area contributed by atoms with Gasteiger partial charge in [0.05, 0.1) is 30.6 Å². The molecule has 3 rings (SSSR count). The molecule has 0 saturated carbocycles. The lowest BCUT2D eigenvalue weighted by atomic mass is 10.1. The molecule has 1 heterocycles. The quantitative estimate of drug-likeness (QED) is 0.881. The second kappa shape index (κ2) is 5.69. The molecule has 2 aromatic carbocycles. The Labute approximate surface area is 132 Å². The maximum Gasteiger partial charge on any atom is 0.263 e. The number of rotatable bonds is 4. The van der Waals surface area contributed by atoms with Crippen LogP contribution in [-0.2, 0) is 0 Å². The summed E-state index contributed by atoms with van der Waals surface area (Å²) in [5.74, 6) is -0.0378. The Bertz CT molecular complexity index is 726. The fourth-order valence-electron chi connectivity index (χ4n) is 2.37. The van der Waals surface area contributed by atoms with Gasteiger partial charge in [-0.1, -0.05) is 23.7 Å². The molecule has 1 aliphatic heterocycles. The summed E-state index contributed by atoms with van der Waals surface area (Å²) in [6.07, 6.45) is 0. The molecule has 1 aliphatic rings. The van der Waals surface area contributed by atoms with Gasteiger partial charge in [0.2, 0.25) is 0 Å². The number of nitrogens with one attached hydrogen (secondary N) is 1. The van der Waals surface area contributed by atoms with Gasteiger partial charge in [-0.05, 0) is 30.3 Å². The van der Waals surface area contributed by atoms with E-state index in [4.69, 9.17) is 16.3 Å². The van der Waals surface area contributed by atoms with Gasteiger partial charge in [-0.3, -0.25) is 14.5 Å². The Balaban J connectivity index is 1.80. The van der Waals surface area contributed by atoms with E-state index in [1.807, 2.05) is 0 Å². The standard InChI is InChI=1S/C16H13ClN2O3/c1-22-14-7-6-10(17)8-13(14)18-9-19-15(20)11-4-2-3-5-12(11)16(19)21/h2-8,18H,9H2,1H3. The second-order valence-electron chi connectivity index (χ2n) is 4.76. The summed E-state index contributed by atoms with van der Waals surface area (Å²) in [5, 5.41) is 3.55. The van der Waals surface area contributed by atoms with Gasteiger partial charge in [0.15, 0.2) is 0 Å². The van der Waals surface area contributed by atoms with Gasteiger partial charge >= 0.3 is 0 Å². The van der Waals surface area contributed by atoms with Crippen molar-refractivity contribution in [2.75, 3.05) is 19.1 Å². The first kappa shape index (κ1) is 14.4. The van der Waals surface area contributed by atoms with Crippen LogP contribution in [0.5, 0.6) is 5.75 Å². The van der Waals surface area contributed by atoms with Crippen LogP contribution in [0, 0.1) is 0 Å². The number of fused-ring (bicyclic) bond motifs is 1. The van der Waals surface area contributed by atoms with Crippen LogP contribution < -0.4 is 10.1 Å². The van der Waals surface area contributed by atoms with Crippen LogP contribution in [0.2, 0.25) is 5.02 Å². The predicted molar refractivity (Wildman–Crippen MR) is 83.4 cm³/mol. The van der Waals surface area contributed by atoms with Crippen molar-refractivity contribution >= 4 is 29.1 Å². The second-order valence-corrected chi connectivity index (χ2v) is 5.20. The Kier molecular flexibility index (Phi) is 3.73. The van der Waals surface area contributed by atoms with Gasteiger partial charge in [0.25, 0.3) is 11.8 Å². The van der Waals surface area contributed by atoms with Crippen molar-refractivity contribution in [3.05, 3.63) is 58.6 Å². The summed E-state index contributed by atoms with van der Waals surface area (Å²) in [7, 11) is 1.54. The van der Waals surface area contributed by atoms with E-state index < -0.39 is 0 Å². The minimum Gasteiger partial charge on any atom is -0.495 e. The van der Waals surface area contributed by atoms with Gasteiger partial charge in [0.1, 0.15) is 5.75 Å². The van der Waals surface area contributed by atoms with E-state index in [2.05, 4.69) is 5.32 Å². The molecule has 0 unspecified atom stereocenters. The molecular formula is C16H13ClN2O3. The zero-order valence-corrected chi connectivity index (χ0v) is 12.6. The summed E-state index contributed by atoms with van der Waals surface area (Å²) in [6, 6.07) is 11.9. The first-order chi connectivity index (χ1) is 10.6. The van der Waals surface area contributed by atoms with Crippen LogP contribution in [0.1, 0.15) is 20.7 Å². The Hall–Kier alpha value is -2.53. The van der Waals surface area contributed by atoms with E-state index in [9.17, 15) is 9.59 Å². The highest BCUT2D eigenvalue weighted by Gasteiger charge is 2.34. The zero-order valence-electron chi connectivity index (χ0n) is 11.8. The number of imide groups is 1. The normalized spacial score (nSPS) is 13.3. The van der Waals surface area contributed by atoms with E-state index in [0.29, 0.717) is 27.6 Å². The van der Waals surface area contributed by atoms with Crippen molar-refractivity contribution in [2.24, 2.45) is 0 Å². The van der Waals surface area contributed by atoms with Crippen molar-refractivity contribution in [1.29, 1.82) is 0 Å². The van der Waals surface area contributed by atoms with Crippen molar-refractivity contribution in [3.8, 4) is 5.75 Å². The van der Waals surface area contributed by atoms with Crippen LogP contribution in [0.4, 0.5) is 5.69 Å². The fourth-order valence-corrected chi connectivity index (χ4v) is 2.54. The van der Waals surface area contributed by atoms with Gasteiger partial charge in [-0.2, -0.15) is 0 Å². The smallest absolute Gasteiger partial charge is 0.263 e. The number of benzene rings is 2. The average Bonchev–Trinajstić information content (AvgIpc) is 2.77. The molecule has 112 valence electrons. The maximum absolute atomic E-state index is 12.3. The lowest BCUT2D eigenvalue weighted by molar-refractivity contribution is 0.0665. The maximum atomic E-state index is 12.3. The molecule has 0 fully saturated rings. The monoisotopic (exact) mass is 316 g/mol. The van der Waals surface area contributed by atoms with E-state index in [1.165, 1.54) is 7.11 Å². The van der Waals surface area contributed by atoms with Gasteiger partial charge in [-0.15, -0.1) is 0 Å². The minimum atomic E-state index is -0.311. The van der Waals surface area contributed by atoms with Crippen molar-refractivity contribution in [2.45, 2.75) is 0 Å². The summed E-state index contributed by atoms with van der Waals surface area (Å²) in [5.41, 5.74) is 1.46. The van der Waals surface area contributed by atoms with Crippen LogP contribution >= 0.6 is 11.6 Å². The van der Waals surface area contributed by atoms with Gasteiger partial charge < -0.3 is 10.1 Å². The Morgan fingerprint density at radius 1 is 1.09 bits per heavy atom. The third kappa shape index (κ3) is 2.40. The first-order valence-electron chi connectivity index (χ1n) is 6.64. The number of halogens is 1. The summed E-state index contributed by atoms with van der Waals surface area (Å²) in [4.78, 5) is 25.7. The lowest BCUT2D eigenvalue weighted by Crippen LogP contribution is -2.34. The number of nitrogens with zero attached hydrogens (tertiary/aromatic N) is 1. The molecule has 0 aromatic heterocycles. The highest BCUT2D eigenvalue weighted by molar-refractivity contribution is 6.31. The predicted octanol–water partition coefficient (Wildman–Crippen LogP) is 3.01. The molecular weight excluding hydrogens is 304 g/mol.